The van der Waals surface area contributed by atoms with Crippen molar-refractivity contribution in [2.75, 3.05) is 39.8 Å². The Balaban J connectivity index is 1.94. The number of likely N-dealkylation sites (N-methyl/N-ethyl adjacent to an activating group) is 1. The van der Waals surface area contributed by atoms with E-state index in [0.717, 1.165) is 6.54 Å². The Morgan fingerprint density at radius 2 is 2.11 bits per heavy atom. The zero-order valence-electron chi connectivity index (χ0n) is 16.0. The molecular formula is C19H28N4O4. The fraction of sp³-hybridized carbons (Fsp3) is 0.632. The number of aromatic nitrogens is 1. The van der Waals surface area contributed by atoms with E-state index >= 15 is 0 Å². The molecule has 0 saturated carbocycles. The van der Waals surface area contributed by atoms with Crippen molar-refractivity contribution in [1.29, 1.82) is 0 Å². The molecule has 0 radical (unpaired) electrons. The first-order valence-corrected chi connectivity index (χ1v) is 9.47. The highest BCUT2D eigenvalue weighted by molar-refractivity contribution is 5.95. The van der Waals surface area contributed by atoms with Gasteiger partial charge in [0.05, 0.1) is 18.1 Å². The smallest absolute Gasteiger partial charge is 0.260 e. The summed E-state index contributed by atoms with van der Waals surface area (Å²) in [7, 11) is 1.98. The predicted octanol–water partition coefficient (Wildman–Crippen LogP) is -0.282. The van der Waals surface area contributed by atoms with Gasteiger partial charge < -0.3 is 25.2 Å². The van der Waals surface area contributed by atoms with Crippen LogP contribution in [0.3, 0.4) is 0 Å². The normalized spacial score (nSPS) is 25.7. The number of rotatable bonds is 4. The van der Waals surface area contributed by atoms with E-state index in [-0.39, 0.29) is 36.6 Å². The van der Waals surface area contributed by atoms with Crippen molar-refractivity contribution in [2.24, 2.45) is 5.41 Å². The second-order valence-electron chi connectivity index (χ2n) is 7.65. The molecule has 3 rings (SSSR count). The van der Waals surface area contributed by atoms with Crippen LogP contribution >= 0.6 is 0 Å². The summed E-state index contributed by atoms with van der Waals surface area (Å²) in [6, 6.07) is 2.98. The van der Waals surface area contributed by atoms with E-state index in [0.29, 0.717) is 38.0 Å². The first-order chi connectivity index (χ1) is 12.9. The van der Waals surface area contributed by atoms with E-state index < -0.39 is 11.0 Å². The molecule has 148 valence electrons. The molecule has 2 aliphatic heterocycles. The van der Waals surface area contributed by atoms with Gasteiger partial charge in [-0.05, 0) is 51.9 Å². The molecule has 8 nitrogen and oxygen atoms in total. The van der Waals surface area contributed by atoms with Gasteiger partial charge in [-0.25, -0.2) is 0 Å². The molecule has 1 aromatic rings. The summed E-state index contributed by atoms with van der Waals surface area (Å²) in [6.07, 6.45) is 2.07. The van der Waals surface area contributed by atoms with E-state index in [1.165, 1.54) is 0 Å². The van der Waals surface area contributed by atoms with Gasteiger partial charge in [0.15, 0.2) is 0 Å². The van der Waals surface area contributed by atoms with Crippen molar-refractivity contribution < 1.29 is 14.7 Å². The molecular weight excluding hydrogens is 348 g/mol. The van der Waals surface area contributed by atoms with Crippen molar-refractivity contribution in [2.45, 2.75) is 32.2 Å². The lowest BCUT2D eigenvalue weighted by Crippen LogP contribution is -2.66. The lowest BCUT2D eigenvalue weighted by molar-refractivity contribution is -0.142. The van der Waals surface area contributed by atoms with Crippen LogP contribution in [0.1, 0.15) is 35.3 Å². The summed E-state index contributed by atoms with van der Waals surface area (Å²) in [5.74, 6) is -0.430. The van der Waals surface area contributed by atoms with Gasteiger partial charge in [-0.3, -0.25) is 14.4 Å². The number of aliphatic hydroxyl groups is 1. The quantitative estimate of drug-likeness (QED) is 0.670. The first kappa shape index (κ1) is 19.6. The average Bonchev–Trinajstić information content (AvgIpc) is 2.65. The van der Waals surface area contributed by atoms with Gasteiger partial charge in [0.2, 0.25) is 5.91 Å². The van der Waals surface area contributed by atoms with Crippen molar-refractivity contribution in [1.82, 2.24) is 20.1 Å². The number of amides is 2. The van der Waals surface area contributed by atoms with E-state index in [9.17, 15) is 14.4 Å². The van der Waals surface area contributed by atoms with Gasteiger partial charge >= 0.3 is 0 Å². The van der Waals surface area contributed by atoms with Crippen LogP contribution in [0.25, 0.3) is 0 Å². The summed E-state index contributed by atoms with van der Waals surface area (Å²) < 4.78 is 0. The second kappa shape index (κ2) is 7.82. The number of aliphatic hydroxyl groups excluding tert-OH is 1. The molecule has 2 amide bonds. The minimum Gasteiger partial charge on any atom is -0.395 e. The van der Waals surface area contributed by atoms with Crippen molar-refractivity contribution in [3.8, 4) is 0 Å². The average molecular weight is 376 g/mol. The Morgan fingerprint density at radius 1 is 1.33 bits per heavy atom. The monoisotopic (exact) mass is 376 g/mol. The molecule has 2 aliphatic rings. The first-order valence-electron chi connectivity index (χ1n) is 9.47. The topological polar surface area (TPSA) is 106 Å². The number of nitrogens with zero attached hydrogens (tertiary/aromatic N) is 2. The van der Waals surface area contributed by atoms with Crippen LogP contribution in [-0.4, -0.2) is 77.6 Å². The Morgan fingerprint density at radius 3 is 2.81 bits per heavy atom. The number of aromatic amines is 1. The molecule has 2 fully saturated rings. The number of likely N-dealkylation sites (tertiary alicyclic amines) is 2. The lowest BCUT2D eigenvalue weighted by Gasteiger charge is -2.53. The Hall–Kier alpha value is -2.19. The highest BCUT2D eigenvalue weighted by Crippen LogP contribution is 2.42. The Kier molecular flexibility index (Phi) is 5.67. The number of H-pyrrole nitrogens is 1. The van der Waals surface area contributed by atoms with Gasteiger partial charge in [-0.1, -0.05) is 0 Å². The molecule has 0 unspecified atom stereocenters. The van der Waals surface area contributed by atoms with Crippen LogP contribution in [0.5, 0.6) is 0 Å². The summed E-state index contributed by atoms with van der Waals surface area (Å²) >= 11 is 0. The summed E-state index contributed by atoms with van der Waals surface area (Å²) in [6.45, 7) is 3.74. The number of carbonyl (C=O) groups is 2. The number of fused-ring (bicyclic) bond motifs is 1. The molecule has 2 atom stereocenters. The molecule has 27 heavy (non-hydrogen) atoms. The fourth-order valence-corrected chi connectivity index (χ4v) is 4.39. The summed E-state index contributed by atoms with van der Waals surface area (Å²) in [5.41, 5.74) is -0.261. The number of nitrogens with one attached hydrogen (secondary N) is 2. The Bertz CT molecular complexity index is 777. The zero-order valence-corrected chi connectivity index (χ0v) is 16.0. The third-order valence-corrected chi connectivity index (χ3v) is 5.86. The lowest BCUT2D eigenvalue weighted by atomic mass is 9.67. The van der Waals surface area contributed by atoms with Crippen LogP contribution in [0, 0.1) is 12.3 Å². The molecule has 0 bridgehead atoms. The van der Waals surface area contributed by atoms with Gasteiger partial charge in [-0.2, -0.15) is 0 Å². The zero-order chi connectivity index (χ0) is 19.6. The molecule has 3 N–H and O–H groups in total. The second-order valence-corrected chi connectivity index (χ2v) is 7.65. The SMILES string of the molecule is Cc1ccc(C(=O)N2CCC[C@@]3(C(=O)NCCO)CCN(C)C[C@H]23)c(=O)[nH]1. The highest BCUT2D eigenvalue weighted by Gasteiger charge is 2.53. The number of piperidine rings is 2. The van der Waals surface area contributed by atoms with Gasteiger partial charge in [-0.15, -0.1) is 0 Å². The van der Waals surface area contributed by atoms with Crippen LogP contribution in [0.2, 0.25) is 0 Å². The minimum absolute atomic E-state index is 0.107. The summed E-state index contributed by atoms with van der Waals surface area (Å²) in [5, 5.41) is 11.9. The molecule has 0 aliphatic carbocycles. The third-order valence-electron chi connectivity index (χ3n) is 5.86. The predicted molar refractivity (Wildman–Crippen MR) is 101 cm³/mol. The maximum Gasteiger partial charge on any atom is 0.260 e. The van der Waals surface area contributed by atoms with Crippen LogP contribution in [0.4, 0.5) is 0 Å². The van der Waals surface area contributed by atoms with Crippen molar-refractivity contribution >= 4 is 11.8 Å². The molecule has 1 aromatic heterocycles. The maximum absolute atomic E-state index is 13.2. The number of hydrogen-bond donors (Lipinski definition) is 3. The van der Waals surface area contributed by atoms with Gasteiger partial charge in [0.1, 0.15) is 5.56 Å². The molecule has 2 saturated heterocycles. The standard InChI is InChI=1S/C19H28N4O4/c1-13-4-5-14(16(25)21-13)17(26)23-9-3-6-19(18(27)20-8-11-24)7-10-22(2)12-15(19)23/h4-5,15,24H,3,6-12H2,1-2H3,(H,20,27)(H,21,25)/t15-,19+/m0/s1. The minimum atomic E-state index is -0.674. The van der Waals surface area contributed by atoms with Crippen molar-refractivity contribution in [3.63, 3.8) is 0 Å². The van der Waals surface area contributed by atoms with Crippen LogP contribution in [0.15, 0.2) is 16.9 Å². The van der Waals surface area contributed by atoms with E-state index in [4.69, 9.17) is 5.11 Å². The number of carbonyl (C=O) groups excluding carboxylic acids is 2. The summed E-state index contributed by atoms with van der Waals surface area (Å²) in [4.78, 5) is 45.0. The van der Waals surface area contributed by atoms with E-state index in [1.54, 1.807) is 24.0 Å². The van der Waals surface area contributed by atoms with Crippen LogP contribution < -0.4 is 10.9 Å². The number of hydrogen-bond acceptors (Lipinski definition) is 5. The Labute approximate surface area is 158 Å². The molecule has 0 aromatic carbocycles. The van der Waals surface area contributed by atoms with Crippen LogP contribution in [-0.2, 0) is 4.79 Å². The highest BCUT2D eigenvalue weighted by atomic mass is 16.3. The molecule has 3 heterocycles. The van der Waals surface area contributed by atoms with Crippen molar-refractivity contribution in [3.05, 3.63) is 33.7 Å². The number of aryl methyl sites for hydroxylation is 1. The fourth-order valence-electron chi connectivity index (χ4n) is 4.39. The maximum atomic E-state index is 13.2. The van der Waals surface area contributed by atoms with Gasteiger partial charge in [0, 0.05) is 25.3 Å². The molecule has 0 spiro atoms. The molecule has 8 heteroatoms. The van der Waals surface area contributed by atoms with E-state index in [2.05, 4.69) is 15.2 Å². The largest absolute Gasteiger partial charge is 0.395 e. The number of pyridine rings is 1. The van der Waals surface area contributed by atoms with E-state index in [1.807, 2.05) is 7.05 Å². The third kappa shape index (κ3) is 3.64. The van der Waals surface area contributed by atoms with Gasteiger partial charge in [0.25, 0.3) is 11.5 Å².